The van der Waals surface area contributed by atoms with Gasteiger partial charge in [-0.05, 0) is 79.2 Å². The Hall–Kier alpha value is -4.28. The van der Waals surface area contributed by atoms with Crippen LogP contribution in [-0.4, -0.2) is 72.5 Å². The SMILES string of the molecule is Cc1cc(C)c(C(=O)N2CCN(c3ccc4cc[nH]c4c3)C[C@@H]2C)cc1CN1CCN(c2ccccc2C#N)CC1. The molecule has 4 aromatic rings. The molecule has 2 aliphatic rings. The van der Waals surface area contributed by atoms with Gasteiger partial charge in [-0.25, -0.2) is 0 Å². The smallest absolute Gasteiger partial charge is 0.254 e. The summed E-state index contributed by atoms with van der Waals surface area (Å²) < 4.78 is 0. The third kappa shape index (κ3) is 5.40. The Morgan fingerprint density at radius 1 is 0.927 bits per heavy atom. The predicted octanol–water partition coefficient (Wildman–Crippen LogP) is 5.33. The number of aromatic nitrogens is 1. The van der Waals surface area contributed by atoms with Gasteiger partial charge in [0.05, 0.1) is 11.3 Å². The molecule has 0 saturated carbocycles. The first-order valence-corrected chi connectivity index (χ1v) is 14.6. The van der Waals surface area contributed by atoms with E-state index in [9.17, 15) is 10.1 Å². The number of H-pyrrole nitrogens is 1. The summed E-state index contributed by atoms with van der Waals surface area (Å²) in [5.74, 6) is 0.133. The van der Waals surface area contributed by atoms with Crippen LogP contribution in [0.1, 0.15) is 39.5 Å². The molecule has 0 spiro atoms. The second-order valence-corrected chi connectivity index (χ2v) is 11.5. The average Bonchev–Trinajstić information content (AvgIpc) is 3.47. The molecule has 0 unspecified atom stereocenters. The molecule has 41 heavy (non-hydrogen) atoms. The van der Waals surface area contributed by atoms with Crippen LogP contribution in [0.5, 0.6) is 0 Å². The van der Waals surface area contributed by atoms with Crippen molar-refractivity contribution in [1.29, 1.82) is 5.26 Å². The monoisotopic (exact) mass is 546 g/mol. The lowest BCUT2D eigenvalue weighted by molar-refractivity contribution is 0.0673. The van der Waals surface area contributed by atoms with Crippen LogP contribution >= 0.6 is 0 Å². The van der Waals surface area contributed by atoms with E-state index < -0.39 is 0 Å². The number of aromatic amines is 1. The van der Waals surface area contributed by atoms with Gasteiger partial charge in [-0.2, -0.15) is 5.26 Å². The van der Waals surface area contributed by atoms with Gasteiger partial charge in [0.2, 0.25) is 0 Å². The van der Waals surface area contributed by atoms with Crippen molar-refractivity contribution in [3.8, 4) is 6.07 Å². The Morgan fingerprint density at radius 2 is 1.71 bits per heavy atom. The van der Waals surface area contributed by atoms with Gasteiger partial charge in [-0.3, -0.25) is 9.69 Å². The normalized spacial score (nSPS) is 18.1. The largest absolute Gasteiger partial charge is 0.368 e. The van der Waals surface area contributed by atoms with Crippen molar-refractivity contribution in [3.63, 3.8) is 0 Å². The molecule has 1 atom stereocenters. The number of nitrogens with one attached hydrogen (secondary N) is 1. The molecular formula is C34H38N6O. The number of hydrogen-bond donors (Lipinski definition) is 1. The van der Waals surface area contributed by atoms with Crippen LogP contribution in [-0.2, 0) is 6.54 Å². The van der Waals surface area contributed by atoms with Crippen molar-refractivity contribution in [2.45, 2.75) is 33.4 Å². The van der Waals surface area contributed by atoms with Crippen LogP contribution in [0.2, 0.25) is 0 Å². The van der Waals surface area contributed by atoms with E-state index in [4.69, 9.17) is 0 Å². The molecule has 0 aliphatic carbocycles. The van der Waals surface area contributed by atoms with E-state index in [1.165, 1.54) is 22.2 Å². The first-order valence-electron chi connectivity index (χ1n) is 14.6. The fraction of sp³-hybridized carbons (Fsp3) is 0.353. The maximum Gasteiger partial charge on any atom is 0.254 e. The Bertz CT molecular complexity index is 1610. The summed E-state index contributed by atoms with van der Waals surface area (Å²) in [5, 5.41) is 10.7. The number of rotatable bonds is 5. The molecular weight excluding hydrogens is 508 g/mol. The number of benzene rings is 3. The van der Waals surface area contributed by atoms with Crippen molar-refractivity contribution in [2.75, 3.05) is 55.6 Å². The zero-order valence-corrected chi connectivity index (χ0v) is 24.2. The molecule has 3 heterocycles. The van der Waals surface area contributed by atoms with Gasteiger partial charge in [0.1, 0.15) is 6.07 Å². The lowest BCUT2D eigenvalue weighted by atomic mass is 9.97. The summed E-state index contributed by atoms with van der Waals surface area (Å²) in [6.45, 7) is 13.1. The molecule has 2 saturated heterocycles. The Balaban J connectivity index is 1.12. The number of nitriles is 1. The summed E-state index contributed by atoms with van der Waals surface area (Å²) >= 11 is 0. The molecule has 0 radical (unpaired) electrons. The van der Waals surface area contributed by atoms with Gasteiger partial charge >= 0.3 is 0 Å². The van der Waals surface area contributed by atoms with Crippen LogP contribution < -0.4 is 9.80 Å². The molecule has 0 bridgehead atoms. The van der Waals surface area contributed by atoms with Gasteiger partial charge in [-0.1, -0.05) is 24.3 Å². The third-order valence-corrected chi connectivity index (χ3v) is 8.84. The van der Waals surface area contributed by atoms with E-state index in [0.29, 0.717) is 6.54 Å². The van der Waals surface area contributed by atoms with E-state index in [2.05, 4.69) is 87.8 Å². The number of nitrogens with zero attached hydrogens (tertiary/aromatic N) is 5. The van der Waals surface area contributed by atoms with E-state index in [-0.39, 0.29) is 11.9 Å². The molecule has 1 amide bonds. The molecule has 7 heteroatoms. The van der Waals surface area contributed by atoms with Crippen molar-refractivity contribution in [2.24, 2.45) is 0 Å². The number of hydrogen-bond acceptors (Lipinski definition) is 5. The number of fused-ring (bicyclic) bond motifs is 1. The summed E-state index contributed by atoms with van der Waals surface area (Å²) in [4.78, 5) is 26.4. The number of aryl methyl sites for hydroxylation is 2. The zero-order chi connectivity index (χ0) is 28.5. The highest BCUT2D eigenvalue weighted by Crippen LogP contribution is 2.27. The van der Waals surface area contributed by atoms with E-state index in [1.54, 1.807) is 0 Å². The highest BCUT2D eigenvalue weighted by Gasteiger charge is 2.30. The highest BCUT2D eigenvalue weighted by atomic mass is 16.2. The summed E-state index contributed by atoms with van der Waals surface area (Å²) in [7, 11) is 0. The first kappa shape index (κ1) is 26.9. The quantitative estimate of drug-likeness (QED) is 0.367. The molecule has 2 aliphatic heterocycles. The van der Waals surface area contributed by atoms with Gasteiger partial charge in [-0.15, -0.1) is 0 Å². The summed E-state index contributed by atoms with van der Waals surface area (Å²) in [6, 6.07) is 23.2. The number of para-hydroxylation sites is 1. The fourth-order valence-corrected chi connectivity index (χ4v) is 6.41. The number of carbonyl (C=O) groups is 1. The zero-order valence-electron chi connectivity index (χ0n) is 24.2. The van der Waals surface area contributed by atoms with Crippen LogP contribution in [0.4, 0.5) is 11.4 Å². The number of carbonyl (C=O) groups excluding carboxylic acids is 1. The van der Waals surface area contributed by atoms with Gasteiger partial charge in [0, 0.05) is 81.4 Å². The second-order valence-electron chi connectivity index (χ2n) is 11.5. The second kappa shape index (κ2) is 11.3. The Labute approximate surface area is 242 Å². The first-order chi connectivity index (χ1) is 19.9. The summed E-state index contributed by atoms with van der Waals surface area (Å²) in [6.07, 6.45) is 1.97. The van der Waals surface area contributed by atoms with Crippen molar-refractivity contribution in [1.82, 2.24) is 14.8 Å². The van der Waals surface area contributed by atoms with Crippen LogP contribution in [0.25, 0.3) is 10.9 Å². The predicted molar refractivity (Wildman–Crippen MR) is 166 cm³/mol. The molecule has 3 aromatic carbocycles. The minimum Gasteiger partial charge on any atom is -0.368 e. The van der Waals surface area contributed by atoms with Crippen LogP contribution in [0.15, 0.2) is 66.9 Å². The third-order valence-electron chi connectivity index (χ3n) is 8.84. The maximum absolute atomic E-state index is 13.9. The number of piperazine rings is 2. The average molecular weight is 547 g/mol. The minimum absolute atomic E-state index is 0.115. The number of amides is 1. The standard InChI is InChI=1S/C34H38N6O/c1-24-18-25(2)31(19-29(24)23-37-12-14-38(15-13-37)33-7-5-4-6-28(33)21-35)34(41)40-17-16-39(22-26(40)3)30-9-8-27-10-11-36-32(27)20-30/h4-11,18-20,26,36H,12-17,22-23H2,1-3H3/t26-/m0/s1. The minimum atomic E-state index is 0.115. The van der Waals surface area contributed by atoms with Crippen molar-refractivity contribution in [3.05, 3.63) is 94.7 Å². The van der Waals surface area contributed by atoms with Crippen LogP contribution in [0.3, 0.4) is 0 Å². The van der Waals surface area contributed by atoms with E-state index in [1.807, 2.05) is 30.5 Å². The molecule has 6 rings (SSSR count). The fourth-order valence-electron chi connectivity index (χ4n) is 6.41. The van der Waals surface area contributed by atoms with E-state index in [0.717, 1.165) is 73.7 Å². The molecule has 210 valence electrons. The van der Waals surface area contributed by atoms with E-state index >= 15 is 0 Å². The highest BCUT2D eigenvalue weighted by molar-refractivity contribution is 5.96. The van der Waals surface area contributed by atoms with Crippen LogP contribution in [0, 0.1) is 25.2 Å². The molecule has 2 fully saturated rings. The molecule has 1 N–H and O–H groups in total. The lowest BCUT2D eigenvalue weighted by Gasteiger charge is -2.41. The Morgan fingerprint density at radius 3 is 2.49 bits per heavy atom. The molecule has 1 aromatic heterocycles. The van der Waals surface area contributed by atoms with Gasteiger partial charge in [0.25, 0.3) is 5.91 Å². The topological polar surface area (TPSA) is 69.6 Å². The number of anilines is 2. The Kier molecular flexibility index (Phi) is 7.42. The summed E-state index contributed by atoms with van der Waals surface area (Å²) in [5.41, 5.74) is 8.41. The maximum atomic E-state index is 13.9. The molecule has 7 nitrogen and oxygen atoms in total. The van der Waals surface area contributed by atoms with Gasteiger partial charge in [0.15, 0.2) is 0 Å². The lowest BCUT2D eigenvalue weighted by Crippen LogP contribution is -2.54. The van der Waals surface area contributed by atoms with Crippen molar-refractivity contribution >= 4 is 28.2 Å². The van der Waals surface area contributed by atoms with Crippen molar-refractivity contribution < 1.29 is 4.79 Å². The van der Waals surface area contributed by atoms with Gasteiger partial charge < -0.3 is 19.7 Å².